The third-order valence-electron chi connectivity index (χ3n) is 2.38. The Morgan fingerprint density at radius 3 is 1.22 bits per heavy atom. The highest BCUT2D eigenvalue weighted by Gasteiger charge is 2.22. The number of Topliss-reactive ketones (excluding diaryl/α,β-unsaturated/α-hetero) is 2. The van der Waals surface area contributed by atoms with Crippen molar-refractivity contribution < 1.29 is 29.4 Å². The lowest BCUT2D eigenvalue weighted by Gasteiger charge is -2.08. The Hall–Kier alpha value is -2.50. The molecule has 0 bridgehead atoms. The van der Waals surface area contributed by atoms with Gasteiger partial charge < -0.3 is 10.2 Å². The number of carboxylic acids is 2. The van der Waals surface area contributed by atoms with Gasteiger partial charge in [0.1, 0.15) is 0 Å². The fourth-order valence-corrected chi connectivity index (χ4v) is 1.54. The number of rotatable bonds is 4. The zero-order chi connectivity index (χ0) is 14.0. The van der Waals surface area contributed by atoms with Crippen LogP contribution in [0.2, 0.25) is 0 Å². The topological polar surface area (TPSA) is 109 Å². The first-order chi connectivity index (χ1) is 8.25. The summed E-state index contributed by atoms with van der Waals surface area (Å²) < 4.78 is 0. The fourth-order valence-electron chi connectivity index (χ4n) is 1.54. The van der Waals surface area contributed by atoms with Crippen LogP contribution in [0.5, 0.6) is 0 Å². The lowest BCUT2D eigenvalue weighted by molar-refractivity contribution is 0.0689. The van der Waals surface area contributed by atoms with Crippen molar-refractivity contribution in [2.24, 2.45) is 0 Å². The molecule has 1 aromatic carbocycles. The molecule has 0 spiro atoms. The van der Waals surface area contributed by atoms with Crippen molar-refractivity contribution in [1.29, 1.82) is 0 Å². The smallest absolute Gasteiger partial charge is 0.336 e. The Labute approximate surface area is 102 Å². The van der Waals surface area contributed by atoms with E-state index in [0.29, 0.717) is 0 Å². The maximum absolute atomic E-state index is 11.3. The molecule has 94 valence electrons. The number of carbonyl (C=O) groups excluding carboxylic acids is 2. The van der Waals surface area contributed by atoms with E-state index in [4.69, 9.17) is 10.2 Å². The summed E-state index contributed by atoms with van der Waals surface area (Å²) in [6.45, 7) is 2.29. The van der Waals surface area contributed by atoms with Gasteiger partial charge in [0, 0.05) is 11.1 Å². The molecule has 1 rings (SSSR count). The molecule has 0 radical (unpaired) electrons. The average Bonchev–Trinajstić information content (AvgIpc) is 2.26. The Balaban J connectivity index is 3.71. The summed E-state index contributed by atoms with van der Waals surface area (Å²) in [7, 11) is 0. The molecular formula is C12H10O6. The Kier molecular flexibility index (Phi) is 3.61. The quantitative estimate of drug-likeness (QED) is 0.783. The van der Waals surface area contributed by atoms with Gasteiger partial charge in [-0.1, -0.05) is 0 Å². The van der Waals surface area contributed by atoms with Gasteiger partial charge >= 0.3 is 11.9 Å². The fraction of sp³-hybridized carbons (Fsp3) is 0.167. The zero-order valence-corrected chi connectivity index (χ0v) is 9.68. The largest absolute Gasteiger partial charge is 0.478 e. The second-order valence-electron chi connectivity index (χ2n) is 3.67. The molecule has 0 aromatic heterocycles. The molecule has 6 nitrogen and oxygen atoms in total. The molecule has 0 atom stereocenters. The van der Waals surface area contributed by atoms with Crippen LogP contribution in [0.3, 0.4) is 0 Å². The summed E-state index contributed by atoms with van der Waals surface area (Å²) in [4.78, 5) is 44.5. The van der Waals surface area contributed by atoms with Gasteiger partial charge in [-0.2, -0.15) is 0 Å². The molecule has 0 amide bonds. The van der Waals surface area contributed by atoms with Crippen LogP contribution < -0.4 is 0 Å². The van der Waals surface area contributed by atoms with Crippen molar-refractivity contribution in [3.8, 4) is 0 Å². The first kappa shape index (κ1) is 13.6. The molecule has 0 aliphatic rings. The van der Waals surface area contributed by atoms with E-state index in [0.717, 1.165) is 26.0 Å². The maximum Gasteiger partial charge on any atom is 0.336 e. The summed E-state index contributed by atoms with van der Waals surface area (Å²) in [5.74, 6) is -3.94. The van der Waals surface area contributed by atoms with E-state index >= 15 is 0 Å². The van der Waals surface area contributed by atoms with Gasteiger partial charge in [0.2, 0.25) is 0 Å². The predicted molar refractivity (Wildman–Crippen MR) is 60.4 cm³/mol. The number of ketones is 2. The van der Waals surface area contributed by atoms with Crippen molar-refractivity contribution in [2.45, 2.75) is 13.8 Å². The second kappa shape index (κ2) is 4.79. The first-order valence-electron chi connectivity index (χ1n) is 4.92. The van der Waals surface area contributed by atoms with Gasteiger partial charge in [-0.3, -0.25) is 9.59 Å². The minimum absolute atomic E-state index is 0.183. The van der Waals surface area contributed by atoms with Crippen molar-refractivity contribution >= 4 is 23.5 Å². The molecular weight excluding hydrogens is 240 g/mol. The summed E-state index contributed by atoms with van der Waals surface area (Å²) >= 11 is 0. The van der Waals surface area contributed by atoms with Crippen molar-refractivity contribution in [2.75, 3.05) is 0 Å². The highest BCUT2D eigenvalue weighted by atomic mass is 16.4. The summed E-state index contributed by atoms with van der Waals surface area (Å²) in [6.07, 6.45) is 0. The van der Waals surface area contributed by atoms with E-state index in [1.807, 2.05) is 0 Å². The summed E-state index contributed by atoms with van der Waals surface area (Å²) in [6, 6.07) is 1.84. The lowest BCUT2D eigenvalue weighted by atomic mass is 9.94. The molecule has 0 aliphatic carbocycles. The number of benzene rings is 1. The molecule has 18 heavy (non-hydrogen) atoms. The highest BCUT2D eigenvalue weighted by Crippen LogP contribution is 2.19. The van der Waals surface area contributed by atoms with E-state index in [-0.39, 0.29) is 11.1 Å². The van der Waals surface area contributed by atoms with E-state index in [1.54, 1.807) is 0 Å². The normalized spacial score (nSPS) is 9.89. The van der Waals surface area contributed by atoms with E-state index in [9.17, 15) is 19.2 Å². The van der Waals surface area contributed by atoms with Crippen LogP contribution in [0.4, 0.5) is 0 Å². The van der Waals surface area contributed by atoms with Crippen LogP contribution in [-0.4, -0.2) is 33.7 Å². The third kappa shape index (κ3) is 2.42. The summed E-state index contributed by atoms with van der Waals surface area (Å²) in [5.41, 5.74) is -1.22. The summed E-state index contributed by atoms with van der Waals surface area (Å²) in [5, 5.41) is 17.8. The van der Waals surface area contributed by atoms with Crippen LogP contribution in [0.25, 0.3) is 0 Å². The number of aromatic carboxylic acids is 2. The van der Waals surface area contributed by atoms with Gasteiger partial charge in [0.15, 0.2) is 11.6 Å². The SMILES string of the molecule is CC(=O)c1cc(C(C)=O)c(C(=O)O)cc1C(=O)O. The Morgan fingerprint density at radius 1 is 0.722 bits per heavy atom. The van der Waals surface area contributed by atoms with Crippen molar-refractivity contribution in [3.63, 3.8) is 0 Å². The van der Waals surface area contributed by atoms with Gasteiger partial charge in [0.05, 0.1) is 11.1 Å². The van der Waals surface area contributed by atoms with Crippen LogP contribution in [0.1, 0.15) is 55.3 Å². The molecule has 0 heterocycles. The maximum atomic E-state index is 11.3. The number of carboxylic acid groups (broad SMARTS) is 2. The van der Waals surface area contributed by atoms with Crippen LogP contribution in [0, 0.1) is 0 Å². The van der Waals surface area contributed by atoms with Gasteiger partial charge in [-0.25, -0.2) is 9.59 Å². The van der Waals surface area contributed by atoms with Crippen LogP contribution >= 0.6 is 0 Å². The second-order valence-corrected chi connectivity index (χ2v) is 3.67. The predicted octanol–water partition coefficient (Wildman–Crippen LogP) is 1.49. The molecule has 6 heteroatoms. The number of hydrogen-bond donors (Lipinski definition) is 2. The van der Waals surface area contributed by atoms with E-state index < -0.39 is 34.6 Å². The molecule has 0 saturated heterocycles. The standard InChI is InChI=1S/C12H10O6/c1-5(13)7-3-8(6(2)14)10(12(17)18)4-9(7)11(15)16/h3-4H,1-2H3,(H,15,16)(H,17,18). The first-order valence-corrected chi connectivity index (χ1v) is 4.92. The van der Waals surface area contributed by atoms with Gasteiger partial charge in [-0.15, -0.1) is 0 Å². The molecule has 0 unspecified atom stereocenters. The van der Waals surface area contributed by atoms with Crippen molar-refractivity contribution in [1.82, 2.24) is 0 Å². The molecule has 0 aliphatic heterocycles. The Bertz CT molecular complexity index is 472. The average molecular weight is 250 g/mol. The van der Waals surface area contributed by atoms with Crippen molar-refractivity contribution in [3.05, 3.63) is 34.4 Å². The van der Waals surface area contributed by atoms with Crippen LogP contribution in [0.15, 0.2) is 12.1 Å². The Morgan fingerprint density at radius 2 is 1.00 bits per heavy atom. The minimum Gasteiger partial charge on any atom is -0.478 e. The molecule has 0 saturated carbocycles. The number of carbonyl (C=O) groups is 4. The zero-order valence-electron chi connectivity index (χ0n) is 9.68. The monoisotopic (exact) mass is 250 g/mol. The minimum atomic E-state index is -1.42. The number of hydrogen-bond acceptors (Lipinski definition) is 4. The molecule has 2 N–H and O–H groups in total. The highest BCUT2D eigenvalue weighted by molar-refractivity contribution is 6.11. The van der Waals surface area contributed by atoms with Gasteiger partial charge in [-0.05, 0) is 26.0 Å². The molecule has 0 fully saturated rings. The molecule has 1 aromatic rings. The van der Waals surface area contributed by atoms with E-state index in [1.165, 1.54) is 0 Å². The van der Waals surface area contributed by atoms with Crippen LogP contribution in [-0.2, 0) is 0 Å². The lowest BCUT2D eigenvalue weighted by Crippen LogP contribution is -2.14. The van der Waals surface area contributed by atoms with E-state index in [2.05, 4.69) is 0 Å². The third-order valence-corrected chi connectivity index (χ3v) is 2.38. The van der Waals surface area contributed by atoms with Gasteiger partial charge in [0.25, 0.3) is 0 Å².